The molecule has 1 aliphatic rings. The maximum Gasteiger partial charge on any atom is 0.265 e. The number of anilines is 1. The molecule has 0 bridgehead atoms. The normalized spacial score (nSPS) is 14.6. The van der Waals surface area contributed by atoms with Gasteiger partial charge in [0.2, 0.25) is 0 Å². The number of morpholine rings is 1. The lowest BCUT2D eigenvalue weighted by atomic mass is 10.2. The number of hydrogen-bond acceptors (Lipinski definition) is 6. The first-order valence-corrected chi connectivity index (χ1v) is 12.4. The highest BCUT2D eigenvalue weighted by atomic mass is 35.5. The standard InChI is InChI=1S/C21H21ClN2O5S2/c1-2-29-17-5-3-15(22)13-20(17)31(26,27)23-16-4-6-18-14(11-16)12-19(30-18)21(25)24-7-9-28-10-8-24/h3-6,11-13,23H,2,7-10H2,1H3. The molecule has 0 radical (unpaired) electrons. The number of benzene rings is 2. The van der Waals surface area contributed by atoms with Gasteiger partial charge in [0.1, 0.15) is 10.6 Å². The van der Waals surface area contributed by atoms with Crippen LogP contribution >= 0.6 is 22.9 Å². The number of hydrogen-bond donors (Lipinski definition) is 1. The molecular formula is C21H21ClN2O5S2. The second-order valence-corrected chi connectivity index (χ2v) is 10.1. The highest BCUT2D eigenvalue weighted by Gasteiger charge is 2.22. The van der Waals surface area contributed by atoms with Gasteiger partial charge in [-0.1, -0.05) is 11.6 Å². The summed E-state index contributed by atoms with van der Waals surface area (Å²) in [6.07, 6.45) is 0. The van der Waals surface area contributed by atoms with Gasteiger partial charge in [-0.2, -0.15) is 0 Å². The number of halogens is 1. The molecule has 0 saturated carbocycles. The second kappa shape index (κ2) is 9.04. The number of carbonyl (C=O) groups is 1. The summed E-state index contributed by atoms with van der Waals surface area (Å²) >= 11 is 7.40. The molecule has 0 atom stereocenters. The molecule has 1 saturated heterocycles. The van der Waals surface area contributed by atoms with Crippen LogP contribution in [0, 0.1) is 0 Å². The van der Waals surface area contributed by atoms with Crippen molar-refractivity contribution >= 4 is 54.6 Å². The Bertz CT molecular complexity index is 1220. The van der Waals surface area contributed by atoms with E-state index < -0.39 is 10.0 Å². The molecule has 1 amide bonds. The predicted molar refractivity (Wildman–Crippen MR) is 122 cm³/mol. The average Bonchev–Trinajstić information content (AvgIpc) is 3.18. The predicted octanol–water partition coefficient (Wildman–Crippen LogP) is 4.23. The van der Waals surface area contributed by atoms with Crippen LogP contribution < -0.4 is 9.46 Å². The van der Waals surface area contributed by atoms with Crippen LogP contribution in [0.5, 0.6) is 5.75 Å². The largest absolute Gasteiger partial charge is 0.492 e. The number of rotatable bonds is 6. The third kappa shape index (κ3) is 4.79. The first-order chi connectivity index (χ1) is 14.9. The summed E-state index contributed by atoms with van der Waals surface area (Å²) in [6, 6.07) is 11.4. The van der Waals surface area contributed by atoms with Crippen molar-refractivity contribution in [1.29, 1.82) is 0 Å². The number of amides is 1. The molecule has 0 aliphatic carbocycles. The van der Waals surface area contributed by atoms with E-state index in [0.29, 0.717) is 48.5 Å². The van der Waals surface area contributed by atoms with Crippen LogP contribution in [0.3, 0.4) is 0 Å². The van der Waals surface area contributed by atoms with Crippen LogP contribution in [0.25, 0.3) is 10.1 Å². The maximum atomic E-state index is 13.0. The number of nitrogens with zero attached hydrogens (tertiary/aromatic N) is 1. The Hall–Kier alpha value is -2.33. The van der Waals surface area contributed by atoms with Gasteiger partial charge in [-0.05, 0) is 54.8 Å². The van der Waals surface area contributed by atoms with Crippen molar-refractivity contribution in [3.8, 4) is 5.75 Å². The first-order valence-electron chi connectivity index (χ1n) is 9.73. The van der Waals surface area contributed by atoms with E-state index in [1.165, 1.54) is 23.5 Å². The molecule has 1 aromatic heterocycles. The molecule has 1 fully saturated rings. The summed E-state index contributed by atoms with van der Waals surface area (Å²) in [5.41, 5.74) is 0.387. The monoisotopic (exact) mass is 480 g/mol. The number of fused-ring (bicyclic) bond motifs is 1. The number of carbonyl (C=O) groups excluding carboxylic acids is 1. The Kier molecular flexibility index (Phi) is 6.38. The third-order valence-electron chi connectivity index (χ3n) is 4.77. The van der Waals surface area contributed by atoms with Crippen LogP contribution in [0.1, 0.15) is 16.6 Å². The fourth-order valence-corrected chi connectivity index (χ4v) is 5.78. The second-order valence-electron chi connectivity index (χ2n) is 6.90. The molecule has 0 unspecified atom stereocenters. The highest BCUT2D eigenvalue weighted by molar-refractivity contribution is 7.92. The molecule has 7 nitrogen and oxygen atoms in total. The van der Waals surface area contributed by atoms with E-state index in [1.807, 2.05) is 0 Å². The molecule has 2 aromatic carbocycles. The fourth-order valence-electron chi connectivity index (χ4n) is 3.31. The van der Waals surface area contributed by atoms with Crippen molar-refractivity contribution in [2.24, 2.45) is 0 Å². The lowest BCUT2D eigenvalue weighted by molar-refractivity contribution is 0.0306. The van der Waals surface area contributed by atoms with Gasteiger partial charge in [0, 0.05) is 28.5 Å². The van der Waals surface area contributed by atoms with Crippen molar-refractivity contribution in [2.45, 2.75) is 11.8 Å². The van der Waals surface area contributed by atoms with Gasteiger partial charge >= 0.3 is 0 Å². The van der Waals surface area contributed by atoms with Crippen molar-refractivity contribution in [3.05, 3.63) is 52.4 Å². The quantitative estimate of drug-likeness (QED) is 0.570. The molecule has 3 aromatic rings. The van der Waals surface area contributed by atoms with Gasteiger partial charge < -0.3 is 14.4 Å². The summed E-state index contributed by atoms with van der Waals surface area (Å²) in [5, 5.41) is 1.08. The summed E-state index contributed by atoms with van der Waals surface area (Å²) in [7, 11) is -3.93. The Morgan fingerprint density at radius 3 is 2.71 bits per heavy atom. The lowest BCUT2D eigenvalue weighted by Crippen LogP contribution is -2.40. The molecule has 1 aliphatic heterocycles. The van der Waals surface area contributed by atoms with Crippen molar-refractivity contribution in [2.75, 3.05) is 37.6 Å². The minimum absolute atomic E-state index is 0.0320. The Labute approximate surface area is 189 Å². The number of nitrogens with one attached hydrogen (secondary N) is 1. The number of ether oxygens (including phenoxy) is 2. The van der Waals surface area contributed by atoms with Crippen molar-refractivity contribution < 1.29 is 22.7 Å². The van der Waals surface area contributed by atoms with Gasteiger partial charge in [0.05, 0.1) is 24.7 Å². The zero-order valence-electron chi connectivity index (χ0n) is 16.8. The zero-order chi connectivity index (χ0) is 22.0. The van der Waals surface area contributed by atoms with Crippen molar-refractivity contribution in [1.82, 2.24) is 4.90 Å². The van der Waals surface area contributed by atoms with Gasteiger partial charge in [0.15, 0.2) is 0 Å². The van der Waals surface area contributed by atoms with Gasteiger partial charge in [-0.3, -0.25) is 9.52 Å². The molecule has 10 heteroatoms. The lowest BCUT2D eigenvalue weighted by Gasteiger charge is -2.26. The fraction of sp³-hybridized carbons (Fsp3) is 0.286. The zero-order valence-corrected chi connectivity index (χ0v) is 19.1. The van der Waals surface area contributed by atoms with Crippen LogP contribution in [-0.2, 0) is 14.8 Å². The summed E-state index contributed by atoms with van der Waals surface area (Å²) in [6.45, 7) is 4.31. The van der Waals surface area contributed by atoms with Gasteiger partial charge in [-0.25, -0.2) is 8.42 Å². The average molecular weight is 481 g/mol. The Morgan fingerprint density at radius 2 is 1.97 bits per heavy atom. The topological polar surface area (TPSA) is 84.9 Å². The van der Waals surface area contributed by atoms with E-state index in [4.69, 9.17) is 21.1 Å². The third-order valence-corrected chi connectivity index (χ3v) is 7.51. The summed E-state index contributed by atoms with van der Waals surface area (Å²) < 4.78 is 40.2. The van der Waals surface area contributed by atoms with Gasteiger partial charge in [0.25, 0.3) is 15.9 Å². The summed E-state index contributed by atoms with van der Waals surface area (Å²) in [4.78, 5) is 15.1. The SMILES string of the molecule is CCOc1ccc(Cl)cc1S(=O)(=O)Nc1ccc2sc(C(=O)N3CCOCC3)cc2c1. The molecule has 2 heterocycles. The van der Waals surface area contributed by atoms with Crippen LogP contribution in [-0.4, -0.2) is 52.1 Å². The smallest absolute Gasteiger partial charge is 0.265 e. The Balaban J connectivity index is 1.60. The first kappa shape index (κ1) is 21.9. The maximum absolute atomic E-state index is 13.0. The minimum atomic E-state index is -3.93. The summed E-state index contributed by atoms with van der Waals surface area (Å²) in [5.74, 6) is 0.196. The molecule has 31 heavy (non-hydrogen) atoms. The van der Waals surface area contributed by atoms with Crippen LogP contribution in [0.15, 0.2) is 47.4 Å². The number of thiophene rings is 1. The van der Waals surface area contributed by atoms with E-state index >= 15 is 0 Å². The van der Waals surface area contributed by atoms with Crippen molar-refractivity contribution in [3.63, 3.8) is 0 Å². The van der Waals surface area contributed by atoms with E-state index in [0.717, 1.165) is 10.1 Å². The Morgan fingerprint density at radius 1 is 1.19 bits per heavy atom. The molecule has 164 valence electrons. The molecule has 1 N–H and O–H groups in total. The molecular weight excluding hydrogens is 460 g/mol. The van der Waals surface area contributed by atoms with E-state index in [-0.39, 0.29) is 16.6 Å². The number of sulfonamides is 1. The van der Waals surface area contributed by atoms with Crippen LogP contribution in [0.2, 0.25) is 5.02 Å². The molecule has 4 rings (SSSR count). The van der Waals surface area contributed by atoms with E-state index in [1.54, 1.807) is 42.2 Å². The van der Waals surface area contributed by atoms with Crippen LogP contribution in [0.4, 0.5) is 5.69 Å². The highest BCUT2D eigenvalue weighted by Crippen LogP contribution is 2.32. The van der Waals surface area contributed by atoms with E-state index in [2.05, 4.69) is 4.72 Å². The van der Waals surface area contributed by atoms with E-state index in [9.17, 15) is 13.2 Å². The molecule has 0 spiro atoms. The minimum Gasteiger partial charge on any atom is -0.492 e. The van der Waals surface area contributed by atoms with Gasteiger partial charge in [-0.15, -0.1) is 11.3 Å².